The molecule has 2 amide bonds. The van der Waals surface area contributed by atoms with Crippen LogP contribution in [0.25, 0.3) is 0 Å². The first-order chi connectivity index (χ1) is 11.2. The lowest BCUT2D eigenvalue weighted by molar-refractivity contribution is -0.116. The second-order valence-electron chi connectivity index (χ2n) is 6.88. The van der Waals surface area contributed by atoms with Crippen LogP contribution in [0.2, 0.25) is 5.02 Å². The van der Waals surface area contributed by atoms with E-state index in [2.05, 4.69) is 24.5 Å². The summed E-state index contributed by atoms with van der Waals surface area (Å²) in [4.78, 5) is 24.3. The summed E-state index contributed by atoms with van der Waals surface area (Å²) in [6, 6.07) is 4.79. The highest BCUT2D eigenvalue weighted by Gasteiger charge is 2.17. The highest BCUT2D eigenvalue weighted by Crippen LogP contribution is 2.21. The standard InChI is InChI=1S/C18H28ClN3O2.ClH/c1-11(2)7-14(10-20)22-18(24)15-9-13(5-6-16(15)19)21-17(23)8-12(3)4;/h5-6,9,11-12,14H,7-8,10,20H2,1-4H3,(H,21,23)(H,22,24);1H. The Morgan fingerprint density at radius 2 is 1.80 bits per heavy atom. The zero-order chi connectivity index (χ0) is 18.3. The van der Waals surface area contributed by atoms with E-state index in [0.29, 0.717) is 35.2 Å². The van der Waals surface area contributed by atoms with Crippen molar-refractivity contribution in [3.63, 3.8) is 0 Å². The van der Waals surface area contributed by atoms with E-state index in [1.807, 2.05) is 13.8 Å². The van der Waals surface area contributed by atoms with Crippen molar-refractivity contribution in [1.82, 2.24) is 5.32 Å². The minimum Gasteiger partial charge on any atom is -0.348 e. The molecule has 0 aromatic heterocycles. The molecular formula is C18H29Cl2N3O2. The fourth-order valence-corrected chi connectivity index (χ4v) is 2.61. The Hall–Kier alpha value is -1.30. The number of halogens is 2. The van der Waals surface area contributed by atoms with Crippen LogP contribution in [0.5, 0.6) is 0 Å². The SMILES string of the molecule is CC(C)CC(=O)Nc1ccc(Cl)c(C(=O)NC(CN)CC(C)C)c1.Cl. The molecule has 142 valence electrons. The topological polar surface area (TPSA) is 84.2 Å². The van der Waals surface area contributed by atoms with Gasteiger partial charge < -0.3 is 16.4 Å². The van der Waals surface area contributed by atoms with Crippen LogP contribution in [0, 0.1) is 11.8 Å². The summed E-state index contributed by atoms with van der Waals surface area (Å²) in [6.45, 7) is 8.47. The molecule has 0 fully saturated rings. The Balaban J connectivity index is 0.00000576. The molecule has 1 aromatic rings. The molecule has 5 nitrogen and oxygen atoms in total. The zero-order valence-corrected chi connectivity index (χ0v) is 16.8. The second-order valence-corrected chi connectivity index (χ2v) is 7.28. The molecule has 0 aliphatic heterocycles. The molecule has 0 saturated heterocycles. The van der Waals surface area contributed by atoms with Gasteiger partial charge >= 0.3 is 0 Å². The van der Waals surface area contributed by atoms with Crippen molar-refractivity contribution in [3.05, 3.63) is 28.8 Å². The van der Waals surface area contributed by atoms with E-state index in [-0.39, 0.29) is 36.2 Å². The molecule has 0 aliphatic rings. The van der Waals surface area contributed by atoms with Gasteiger partial charge in [-0.05, 0) is 36.5 Å². The second kappa shape index (κ2) is 11.3. The smallest absolute Gasteiger partial charge is 0.253 e. The van der Waals surface area contributed by atoms with Crippen molar-refractivity contribution in [1.29, 1.82) is 0 Å². The van der Waals surface area contributed by atoms with Gasteiger partial charge in [-0.2, -0.15) is 0 Å². The zero-order valence-electron chi connectivity index (χ0n) is 15.3. The highest BCUT2D eigenvalue weighted by atomic mass is 35.5. The molecule has 7 heteroatoms. The lowest BCUT2D eigenvalue weighted by Gasteiger charge is -2.19. The first kappa shape index (κ1) is 23.7. The maximum absolute atomic E-state index is 12.5. The molecule has 0 heterocycles. The Kier molecular flexibility index (Phi) is 10.8. The van der Waals surface area contributed by atoms with E-state index in [0.717, 1.165) is 6.42 Å². The van der Waals surface area contributed by atoms with Crippen LogP contribution >= 0.6 is 24.0 Å². The molecular weight excluding hydrogens is 361 g/mol. The normalized spacial score (nSPS) is 11.8. The van der Waals surface area contributed by atoms with E-state index < -0.39 is 0 Å². The number of hydrogen-bond donors (Lipinski definition) is 3. The Morgan fingerprint density at radius 1 is 1.16 bits per heavy atom. The van der Waals surface area contributed by atoms with Crippen LogP contribution in [0.4, 0.5) is 5.69 Å². The van der Waals surface area contributed by atoms with Crippen LogP contribution in [0.1, 0.15) is 50.9 Å². The van der Waals surface area contributed by atoms with Gasteiger partial charge in [0.05, 0.1) is 10.6 Å². The average molecular weight is 390 g/mol. The Bertz CT molecular complexity index is 577. The summed E-state index contributed by atoms with van der Waals surface area (Å²) in [6.07, 6.45) is 1.22. The lowest BCUT2D eigenvalue weighted by atomic mass is 10.0. The third-order valence-electron chi connectivity index (χ3n) is 3.46. The summed E-state index contributed by atoms with van der Waals surface area (Å²) < 4.78 is 0. The maximum atomic E-state index is 12.5. The molecule has 25 heavy (non-hydrogen) atoms. The molecule has 0 spiro atoms. The molecule has 0 saturated carbocycles. The minimum atomic E-state index is -0.281. The number of carbonyl (C=O) groups excluding carboxylic acids is 2. The van der Waals surface area contributed by atoms with Crippen LogP contribution < -0.4 is 16.4 Å². The fraction of sp³-hybridized carbons (Fsp3) is 0.556. The van der Waals surface area contributed by atoms with Gasteiger partial charge in [0.2, 0.25) is 5.91 Å². The van der Waals surface area contributed by atoms with Crippen LogP contribution in [-0.2, 0) is 4.79 Å². The summed E-state index contributed by atoms with van der Waals surface area (Å²) in [5.74, 6) is 0.326. The number of amides is 2. The molecule has 1 rings (SSSR count). The van der Waals surface area contributed by atoms with Gasteiger partial charge in [-0.25, -0.2) is 0 Å². The van der Waals surface area contributed by atoms with Crippen LogP contribution in [-0.4, -0.2) is 24.4 Å². The maximum Gasteiger partial charge on any atom is 0.253 e. The lowest BCUT2D eigenvalue weighted by Crippen LogP contribution is -2.41. The Labute approximate surface area is 161 Å². The van der Waals surface area contributed by atoms with Crippen molar-refractivity contribution in [2.24, 2.45) is 17.6 Å². The van der Waals surface area contributed by atoms with Gasteiger partial charge in [0.15, 0.2) is 0 Å². The van der Waals surface area contributed by atoms with Gasteiger partial charge in [-0.1, -0.05) is 39.3 Å². The third-order valence-corrected chi connectivity index (χ3v) is 3.79. The number of benzene rings is 1. The molecule has 0 bridgehead atoms. The number of nitrogens with two attached hydrogens (primary N) is 1. The van der Waals surface area contributed by atoms with Crippen molar-refractivity contribution < 1.29 is 9.59 Å². The molecule has 1 aromatic carbocycles. The number of carbonyl (C=O) groups is 2. The van der Waals surface area contributed by atoms with E-state index in [1.165, 1.54) is 0 Å². The average Bonchev–Trinajstić information content (AvgIpc) is 2.47. The van der Waals surface area contributed by atoms with Gasteiger partial charge in [0.25, 0.3) is 5.91 Å². The minimum absolute atomic E-state index is 0. The van der Waals surface area contributed by atoms with E-state index in [9.17, 15) is 9.59 Å². The Morgan fingerprint density at radius 3 is 2.32 bits per heavy atom. The molecule has 0 radical (unpaired) electrons. The molecule has 1 atom stereocenters. The summed E-state index contributed by atoms with van der Waals surface area (Å²) in [5, 5.41) is 6.04. The largest absolute Gasteiger partial charge is 0.348 e. The first-order valence-corrected chi connectivity index (χ1v) is 8.71. The summed E-state index contributed by atoms with van der Waals surface area (Å²) in [7, 11) is 0. The van der Waals surface area contributed by atoms with E-state index >= 15 is 0 Å². The molecule has 0 aliphatic carbocycles. The van der Waals surface area contributed by atoms with Crippen LogP contribution in [0.3, 0.4) is 0 Å². The van der Waals surface area contributed by atoms with Gasteiger partial charge in [-0.3, -0.25) is 9.59 Å². The van der Waals surface area contributed by atoms with Crippen molar-refractivity contribution >= 4 is 41.5 Å². The highest BCUT2D eigenvalue weighted by molar-refractivity contribution is 6.34. The van der Waals surface area contributed by atoms with Crippen molar-refractivity contribution in [2.75, 3.05) is 11.9 Å². The van der Waals surface area contributed by atoms with Crippen molar-refractivity contribution in [3.8, 4) is 0 Å². The predicted octanol–water partition coefficient (Wildman–Crippen LogP) is 3.85. The number of anilines is 1. The number of hydrogen-bond acceptors (Lipinski definition) is 3. The van der Waals surface area contributed by atoms with E-state index in [4.69, 9.17) is 17.3 Å². The van der Waals surface area contributed by atoms with Gasteiger partial charge in [0.1, 0.15) is 0 Å². The van der Waals surface area contributed by atoms with Crippen LogP contribution in [0.15, 0.2) is 18.2 Å². The monoisotopic (exact) mass is 389 g/mol. The number of rotatable bonds is 8. The van der Waals surface area contributed by atoms with Gasteiger partial charge in [0, 0.05) is 24.7 Å². The summed E-state index contributed by atoms with van der Waals surface area (Å²) >= 11 is 6.14. The van der Waals surface area contributed by atoms with Crippen molar-refractivity contribution in [2.45, 2.75) is 46.6 Å². The predicted molar refractivity (Wildman–Crippen MR) is 107 cm³/mol. The summed E-state index contributed by atoms with van der Waals surface area (Å²) in [5.41, 5.74) is 6.62. The fourth-order valence-electron chi connectivity index (χ4n) is 2.41. The molecule has 1 unspecified atom stereocenters. The third kappa shape index (κ3) is 8.56. The molecule has 4 N–H and O–H groups in total. The quantitative estimate of drug-likeness (QED) is 0.630. The van der Waals surface area contributed by atoms with Gasteiger partial charge in [-0.15, -0.1) is 12.4 Å². The first-order valence-electron chi connectivity index (χ1n) is 8.33. The number of nitrogens with one attached hydrogen (secondary N) is 2. The van der Waals surface area contributed by atoms with E-state index in [1.54, 1.807) is 18.2 Å².